The van der Waals surface area contributed by atoms with E-state index in [9.17, 15) is 22.8 Å². The summed E-state index contributed by atoms with van der Waals surface area (Å²) in [6, 6.07) is 15.4. The number of nitrogens with one attached hydrogen (secondary N) is 2. The van der Waals surface area contributed by atoms with Gasteiger partial charge >= 0.3 is 6.18 Å². The number of alkyl halides is 3. The van der Waals surface area contributed by atoms with E-state index in [1.165, 1.54) is 6.20 Å². The Morgan fingerprint density at radius 1 is 0.971 bits per heavy atom. The number of ether oxygens (including phenoxy) is 1. The number of aromatic nitrogens is 1. The fraction of sp³-hybridized carbons (Fsp3) is 0.240. The van der Waals surface area contributed by atoms with E-state index in [-0.39, 0.29) is 17.8 Å². The Morgan fingerprint density at radius 3 is 2.37 bits per heavy atom. The number of hydrogen-bond donors (Lipinski definition) is 2. The predicted octanol–water partition coefficient (Wildman–Crippen LogP) is 4.29. The highest BCUT2D eigenvalue weighted by Crippen LogP contribution is 2.32. The molecule has 2 aromatic carbocycles. The van der Waals surface area contributed by atoms with Crippen molar-refractivity contribution in [1.82, 2.24) is 9.88 Å². The van der Waals surface area contributed by atoms with Gasteiger partial charge in [-0.1, -0.05) is 30.3 Å². The number of rotatable bonds is 6. The Balaban J connectivity index is 1.52. The summed E-state index contributed by atoms with van der Waals surface area (Å²) in [5.74, 6) is -1.19. The lowest BCUT2D eigenvalue weighted by Crippen LogP contribution is -2.41. The molecule has 1 aliphatic heterocycles. The van der Waals surface area contributed by atoms with Gasteiger partial charge in [0.15, 0.2) is 0 Å². The number of benzene rings is 2. The van der Waals surface area contributed by atoms with Crippen LogP contribution in [0.4, 0.5) is 24.5 Å². The zero-order chi connectivity index (χ0) is 24.8. The van der Waals surface area contributed by atoms with Gasteiger partial charge in [-0.2, -0.15) is 13.2 Å². The van der Waals surface area contributed by atoms with Crippen LogP contribution in [0.2, 0.25) is 0 Å². The average Bonchev–Trinajstić information content (AvgIpc) is 2.85. The van der Waals surface area contributed by atoms with Crippen LogP contribution in [0.15, 0.2) is 66.9 Å². The van der Waals surface area contributed by atoms with E-state index in [1.54, 1.807) is 12.1 Å². The van der Waals surface area contributed by atoms with E-state index in [4.69, 9.17) is 4.74 Å². The van der Waals surface area contributed by atoms with Crippen LogP contribution in [-0.2, 0) is 15.7 Å². The molecule has 0 unspecified atom stereocenters. The van der Waals surface area contributed by atoms with Crippen LogP contribution >= 0.6 is 0 Å². The van der Waals surface area contributed by atoms with Gasteiger partial charge < -0.3 is 15.4 Å². The van der Waals surface area contributed by atoms with E-state index >= 15 is 0 Å². The number of amides is 2. The SMILES string of the molecule is O=C(CN1CCOCC1)Nc1cc(C(F)(F)F)ccc1C(=O)Nc1ccc(-c2ccccc2)nc1. The Morgan fingerprint density at radius 2 is 1.71 bits per heavy atom. The molecule has 1 saturated heterocycles. The first-order valence-electron chi connectivity index (χ1n) is 10.9. The van der Waals surface area contributed by atoms with Crippen LogP contribution < -0.4 is 10.6 Å². The standard InChI is InChI=1S/C25H23F3N4O3/c26-25(27,28)18-6-8-20(22(14-18)31-23(33)16-32-10-12-35-13-11-32)24(34)30-19-7-9-21(29-15-19)17-4-2-1-3-5-17/h1-9,14-15H,10-13,16H2,(H,30,34)(H,31,33). The molecule has 1 fully saturated rings. The zero-order valence-corrected chi connectivity index (χ0v) is 18.6. The summed E-state index contributed by atoms with van der Waals surface area (Å²) in [4.78, 5) is 31.6. The number of carbonyl (C=O) groups excluding carboxylic acids is 2. The topological polar surface area (TPSA) is 83.6 Å². The molecule has 1 aliphatic rings. The smallest absolute Gasteiger partial charge is 0.379 e. The Kier molecular flexibility index (Phi) is 7.42. The van der Waals surface area contributed by atoms with Gasteiger partial charge in [-0.15, -0.1) is 0 Å². The highest BCUT2D eigenvalue weighted by molar-refractivity contribution is 6.10. The molecule has 0 spiro atoms. The predicted molar refractivity (Wildman–Crippen MR) is 125 cm³/mol. The van der Waals surface area contributed by atoms with Crippen LogP contribution in [0.25, 0.3) is 11.3 Å². The molecule has 7 nitrogen and oxygen atoms in total. The van der Waals surface area contributed by atoms with E-state index in [0.29, 0.717) is 37.7 Å². The molecule has 0 aliphatic carbocycles. The maximum absolute atomic E-state index is 13.3. The van der Waals surface area contributed by atoms with E-state index < -0.39 is 23.6 Å². The molecular weight excluding hydrogens is 461 g/mol. The van der Waals surface area contributed by atoms with E-state index in [1.807, 2.05) is 35.2 Å². The van der Waals surface area contributed by atoms with Gasteiger partial charge in [-0.25, -0.2) is 0 Å². The van der Waals surface area contributed by atoms with Gasteiger partial charge in [-0.3, -0.25) is 19.5 Å². The largest absolute Gasteiger partial charge is 0.416 e. The number of carbonyl (C=O) groups is 2. The van der Waals surface area contributed by atoms with Crippen LogP contribution in [0.5, 0.6) is 0 Å². The van der Waals surface area contributed by atoms with Gasteiger partial charge in [-0.05, 0) is 30.3 Å². The van der Waals surface area contributed by atoms with Crippen LogP contribution in [0.1, 0.15) is 15.9 Å². The van der Waals surface area contributed by atoms with Crippen LogP contribution in [0, 0.1) is 0 Å². The van der Waals surface area contributed by atoms with Crippen molar-refractivity contribution in [3.05, 3.63) is 78.0 Å². The normalized spacial score (nSPS) is 14.4. The molecule has 3 aromatic rings. The lowest BCUT2D eigenvalue weighted by molar-refractivity contribution is -0.137. The first-order chi connectivity index (χ1) is 16.8. The van der Waals surface area contributed by atoms with Crippen LogP contribution in [0.3, 0.4) is 0 Å². The minimum atomic E-state index is -4.63. The maximum atomic E-state index is 13.3. The van der Waals surface area contributed by atoms with Gasteiger partial charge in [0.25, 0.3) is 5.91 Å². The molecular formula is C25H23F3N4O3. The Labute approximate surface area is 199 Å². The fourth-order valence-electron chi connectivity index (χ4n) is 3.62. The second kappa shape index (κ2) is 10.7. The minimum Gasteiger partial charge on any atom is -0.379 e. The van der Waals surface area contributed by atoms with E-state index in [2.05, 4.69) is 15.6 Å². The third kappa shape index (κ3) is 6.43. The van der Waals surface area contributed by atoms with Crippen molar-refractivity contribution in [2.45, 2.75) is 6.18 Å². The highest BCUT2D eigenvalue weighted by atomic mass is 19.4. The Bertz CT molecular complexity index is 1180. The van der Waals surface area contributed by atoms with Crippen molar-refractivity contribution in [3.8, 4) is 11.3 Å². The summed E-state index contributed by atoms with van der Waals surface area (Å²) in [6.07, 6.45) is -3.17. The molecule has 0 bridgehead atoms. The monoisotopic (exact) mass is 484 g/mol. The van der Waals surface area contributed by atoms with Crippen molar-refractivity contribution in [2.24, 2.45) is 0 Å². The molecule has 182 valence electrons. The fourth-order valence-corrected chi connectivity index (χ4v) is 3.62. The molecule has 35 heavy (non-hydrogen) atoms. The quantitative estimate of drug-likeness (QED) is 0.546. The maximum Gasteiger partial charge on any atom is 0.416 e. The van der Waals surface area contributed by atoms with Gasteiger partial charge in [0.05, 0.1) is 54.2 Å². The number of halogens is 3. The number of hydrogen-bond acceptors (Lipinski definition) is 5. The first kappa shape index (κ1) is 24.4. The summed E-state index contributed by atoms with van der Waals surface area (Å²) < 4.78 is 45.1. The number of anilines is 2. The molecule has 4 rings (SSSR count). The summed E-state index contributed by atoms with van der Waals surface area (Å²) in [7, 11) is 0. The molecule has 2 amide bonds. The summed E-state index contributed by atoms with van der Waals surface area (Å²) in [5.41, 5.74) is 0.683. The third-order valence-corrected chi connectivity index (χ3v) is 5.43. The van der Waals surface area contributed by atoms with Gasteiger partial charge in [0.1, 0.15) is 0 Å². The van der Waals surface area contributed by atoms with Crippen molar-refractivity contribution < 1.29 is 27.5 Å². The molecule has 10 heteroatoms. The minimum absolute atomic E-state index is 0.0223. The number of pyridine rings is 1. The lowest BCUT2D eigenvalue weighted by atomic mass is 10.1. The van der Waals surface area contributed by atoms with Crippen molar-refractivity contribution in [1.29, 1.82) is 0 Å². The summed E-state index contributed by atoms with van der Waals surface area (Å²) in [6.45, 7) is 2.00. The van der Waals surface area contributed by atoms with Gasteiger partial charge in [0.2, 0.25) is 5.91 Å². The van der Waals surface area contributed by atoms with Gasteiger partial charge in [0, 0.05) is 18.7 Å². The lowest BCUT2D eigenvalue weighted by Gasteiger charge is -2.26. The van der Waals surface area contributed by atoms with Crippen molar-refractivity contribution >= 4 is 23.2 Å². The molecule has 2 N–H and O–H groups in total. The van der Waals surface area contributed by atoms with Crippen molar-refractivity contribution in [2.75, 3.05) is 43.5 Å². The third-order valence-electron chi connectivity index (χ3n) is 5.43. The number of morpholine rings is 1. The first-order valence-corrected chi connectivity index (χ1v) is 10.9. The summed E-state index contributed by atoms with van der Waals surface area (Å²) >= 11 is 0. The van der Waals surface area contributed by atoms with Crippen molar-refractivity contribution in [3.63, 3.8) is 0 Å². The molecule has 1 aromatic heterocycles. The van der Waals surface area contributed by atoms with E-state index in [0.717, 1.165) is 23.8 Å². The molecule has 2 heterocycles. The molecule has 0 atom stereocenters. The second-order valence-corrected chi connectivity index (χ2v) is 7.95. The second-order valence-electron chi connectivity index (χ2n) is 7.95. The Hall–Kier alpha value is -3.76. The molecule has 0 radical (unpaired) electrons. The van der Waals surface area contributed by atoms with Crippen LogP contribution in [-0.4, -0.2) is 54.5 Å². The average molecular weight is 484 g/mol. The molecule has 0 saturated carbocycles. The zero-order valence-electron chi connectivity index (χ0n) is 18.6. The highest BCUT2D eigenvalue weighted by Gasteiger charge is 2.32. The summed E-state index contributed by atoms with van der Waals surface area (Å²) in [5, 5.41) is 5.10. The number of nitrogens with zero attached hydrogens (tertiary/aromatic N) is 2.